The highest BCUT2D eigenvalue weighted by atomic mass is 16.6. The van der Waals surface area contributed by atoms with Crippen LogP contribution in [0.25, 0.3) is 0 Å². The number of nitrogens with zero attached hydrogens (tertiary/aromatic N) is 1. The number of oxime groups is 1. The largest absolute Gasteiger partial charge is 0.508 e. The van der Waals surface area contributed by atoms with Crippen LogP contribution in [0.15, 0.2) is 59.8 Å². The number of phenolic OH excluding ortho intramolecular Hbond substituents is 1. The van der Waals surface area contributed by atoms with Crippen molar-refractivity contribution < 1.29 is 24.3 Å². The average molecular weight is 397 g/mol. The second kappa shape index (κ2) is 10.1. The van der Waals surface area contributed by atoms with Crippen LogP contribution in [-0.4, -0.2) is 42.0 Å². The van der Waals surface area contributed by atoms with Crippen LogP contribution in [0.1, 0.15) is 17.5 Å². The van der Waals surface area contributed by atoms with E-state index in [1.54, 1.807) is 18.3 Å². The van der Waals surface area contributed by atoms with Crippen molar-refractivity contribution in [3.8, 4) is 5.75 Å². The van der Waals surface area contributed by atoms with Gasteiger partial charge in [0.05, 0.1) is 6.54 Å². The summed E-state index contributed by atoms with van der Waals surface area (Å²) in [7, 11) is 0. The zero-order valence-corrected chi connectivity index (χ0v) is 15.8. The van der Waals surface area contributed by atoms with E-state index in [1.165, 1.54) is 12.1 Å². The van der Waals surface area contributed by atoms with Gasteiger partial charge in [-0.1, -0.05) is 47.6 Å². The van der Waals surface area contributed by atoms with Gasteiger partial charge in [0.2, 0.25) is 5.91 Å². The van der Waals surface area contributed by atoms with Crippen LogP contribution in [0.3, 0.4) is 0 Å². The molecule has 1 aliphatic heterocycles. The number of rotatable bonds is 8. The van der Waals surface area contributed by atoms with Crippen molar-refractivity contribution in [2.45, 2.75) is 31.6 Å². The molecule has 0 saturated heterocycles. The highest BCUT2D eigenvalue weighted by molar-refractivity contribution is 5.86. The van der Waals surface area contributed by atoms with Gasteiger partial charge in [-0.15, -0.1) is 0 Å². The van der Waals surface area contributed by atoms with Crippen molar-refractivity contribution in [2.75, 3.05) is 6.54 Å². The molecule has 1 aliphatic rings. The second-order valence-corrected chi connectivity index (χ2v) is 6.63. The first-order valence-corrected chi connectivity index (χ1v) is 9.30. The Balaban J connectivity index is 1.58. The van der Waals surface area contributed by atoms with Crippen LogP contribution in [0.4, 0.5) is 4.79 Å². The molecule has 1 heterocycles. The number of hydrogen-bond donors (Lipinski definition) is 3. The maximum Gasteiger partial charge on any atom is 0.408 e. The summed E-state index contributed by atoms with van der Waals surface area (Å²) < 4.78 is 5.23. The van der Waals surface area contributed by atoms with Gasteiger partial charge in [-0.3, -0.25) is 4.79 Å². The van der Waals surface area contributed by atoms with Crippen molar-refractivity contribution in [3.63, 3.8) is 0 Å². The Morgan fingerprint density at radius 3 is 2.59 bits per heavy atom. The van der Waals surface area contributed by atoms with Gasteiger partial charge in [-0.25, -0.2) is 4.79 Å². The standard InChI is InChI=1S/C21H23N3O5/c25-17-8-6-15(7-9-17)12-19(20(26)22-13-18-10-11-23-29-18)24-21(27)28-14-16-4-2-1-3-5-16/h1-9,11,18-19,25H,10,12-14H2,(H,22,26)(H,24,27). The SMILES string of the molecule is O=C(NC(Cc1ccc(O)cc1)C(=O)NCC1CC=NO1)OCc1ccccc1. The number of nitrogens with one attached hydrogen (secondary N) is 2. The van der Waals surface area contributed by atoms with Gasteiger partial charge >= 0.3 is 6.09 Å². The third kappa shape index (κ3) is 6.53. The van der Waals surface area contributed by atoms with E-state index >= 15 is 0 Å². The van der Waals surface area contributed by atoms with Crippen molar-refractivity contribution >= 4 is 18.2 Å². The molecule has 29 heavy (non-hydrogen) atoms. The molecule has 2 aromatic carbocycles. The van der Waals surface area contributed by atoms with E-state index in [0.717, 1.165) is 11.1 Å². The van der Waals surface area contributed by atoms with E-state index in [4.69, 9.17) is 9.57 Å². The number of phenols is 1. The Kier molecular flexibility index (Phi) is 7.05. The fourth-order valence-corrected chi connectivity index (χ4v) is 2.78. The fourth-order valence-electron chi connectivity index (χ4n) is 2.78. The van der Waals surface area contributed by atoms with Crippen LogP contribution in [-0.2, 0) is 27.4 Å². The van der Waals surface area contributed by atoms with E-state index < -0.39 is 12.1 Å². The Hall–Kier alpha value is -3.55. The second-order valence-electron chi connectivity index (χ2n) is 6.63. The molecule has 3 N–H and O–H groups in total. The first kappa shape index (κ1) is 20.2. The molecule has 8 nitrogen and oxygen atoms in total. The van der Waals surface area contributed by atoms with E-state index in [9.17, 15) is 14.7 Å². The lowest BCUT2D eigenvalue weighted by molar-refractivity contribution is -0.123. The van der Waals surface area contributed by atoms with Gasteiger partial charge in [0.25, 0.3) is 0 Å². The quantitative estimate of drug-likeness (QED) is 0.632. The molecule has 2 aromatic rings. The molecule has 2 unspecified atom stereocenters. The summed E-state index contributed by atoms with van der Waals surface area (Å²) in [5.74, 6) is -0.228. The van der Waals surface area contributed by atoms with E-state index in [1.807, 2.05) is 30.3 Å². The first-order valence-electron chi connectivity index (χ1n) is 9.30. The number of amides is 2. The van der Waals surface area contributed by atoms with E-state index in [0.29, 0.717) is 6.42 Å². The van der Waals surface area contributed by atoms with Crippen LogP contribution in [0, 0.1) is 0 Å². The average Bonchev–Trinajstić information content (AvgIpc) is 3.26. The molecule has 0 spiro atoms. The molecule has 2 atom stereocenters. The van der Waals surface area contributed by atoms with E-state index in [2.05, 4.69) is 15.8 Å². The minimum atomic E-state index is -0.842. The van der Waals surface area contributed by atoms with Gasteiger partial charge in [0.15, 0.2) is 0 Å². The van der Waals surface area contributed by atoms with Crippen molar-refractivity contribution in [3.05, 3.63) is 65.7 Å². The molecule has 3 rings (SSSR count). The van der Waals surface area contributed by atoms with Gasteiger partial charge < -0.3 is 25.3 Å². The molecule has 0 aromatic heterocycles. The number of benzene rings is 2. The zero-order valence-electron chi connectivity index (χ0n) is 15.8. The Morgan fingerprint density at radius 2 is 1.90 bits per heavy atom. The first-order chi connectivity index (χ1) is 14.1. The minimum absolute atomic E-state index is 0.105. The highest BCUT2D eigenvalue weighted by Gasteiger charge is 2.24. The molecule has 0 radical (unpaired) electrons. The lowest BCUT2D eigenvalue weighted by Gasteiger charge is -2.19. The Morgan fingerprint density at radius 1 is 1.14 bits per heavy atom. The van der Waals surface area contributed by atoms with E-state index in [-0.39, 0.29) is 37.3 Å². The summed E-state index contributed by atoms with van der Waals surface area (Å²) in [6.45, 7) is 0.388. The third-order valence-electron chi connectivity index (χ3n) is 4.35. The van der Waals surface area contributed by atoms with Gasteiger partial charge in [-0.2, -0.15) is 0 Å². The molecule has 0 bridgehead atoms. The van der Waals surface area contributed by atoms with Crippen LogP contribution in [0.2, 0.25) is 0 Å². The predicted molar refractivity (Wildman–Crippen MR) is 106 cm³/mol. The normalized spacial score (nSPS) is 15.9. The number of aromatic hydroxyl groups is 1. The Labute approximate surface area is 168 Å². The molecule has 0 aliphatic carbocycles. The summed E-state index contributed by atoms with van der Waals surface area (Å²) in [4.78, 5) is 30.0. The van der Waals surface area contributed by atoms with Crippen LogP contribution in [0.5, 0.6) is 5.75 Å². The summed E-state index contributed by atoms with van der Waals surface area (Å²) in [5.41, 5.74) is 1.63. The number of carbonyl (C=O) groups excluding carboxylic acids is 2. The smallest absolute Gasteiger partial charge is 0.408 e. The molecule has 0 saturated carbocycles. The summed E-state index contributed by atoms with van der Waals surface area (Å²) in [6.07, 6.45) is 1.61. The van der Waals surface area contributed by atoms with Crippen molar-refractivity contribution in [1.29, 1.82) is 0 Å². The zero-order chi connectivity index (χ0) is 20.5. The monoisotopic (exact) mass is 397 g/mol. The summed E-state index contributed by atoms with van der Waals surface area (Å²) in [5, 5.41) is 18.5. The molecule has 2 amide bonds. The molecule has 152 valence electrons. The van der Waals surface area contributed by atoms with Gasteiger partial charge in [0, 0.05) is 19.1 Å². The molecule has 0 fully saturated rings. The predicted octanol–water partition coefficient (Wildman–Crippen LogP) is 2.12. The van der Waals surface area contributed by atoms with Crippen molar-refractivity contribution in [1.82, 2.24) is 10.6 Å². The van der Waals surface area contributed by atoms with Crippen LogP contribution >= 0.6 is 0 Å². The third-order valence-corrected chi connectivity index (χ3v) is 4.35. The fraction of sp³-hybridized carbons (Fsp3) is 0.286. The maximum atomic E-state index is 12.7. The van der Waals surface area contributed by atoms with Gasteiger partial charge in [-0.05, 0) is 23.3 Å². The number of alkyl carbamates (subject to hydrolysis) is 1. The molecular weight excluding hydrogens is 374 g/mol. The number of carbonyl (C=O) groups is 2. The van der Waals surface area contributed by atoms with Gasteiger partial charge in [0.1, 0.15) is 24.5 Å². The highest BCUT2D eigenvalue weighted by Crippen LogP contribution is 2.12. The maximum absolute atomic E-state index is 12.7. The summed E-state index contributed by atoms with van der Waals surface area (Å²) in [6, 6.07) is 14.9. The molecule has 8 heteroatoms. The summed E-state index contributed by atoms with van der Waals surface area (Å²) >= 11 is 0. The number of hydrogen-bond acceptors (Lipinski definition) is 6. The number of ether oxygens (including phenoxy) is 1. The van der Waals surface area contributed by atoms with Crippen LogP contribution < -0.4 is 10.6 Å². The van der Waals surface area contributed by atoms with Crippen molar-refractivity contribution in [2.24, 2.45) is 5.16 Å². The Bertz CT molecular complexity index is 831. The lowest BCUT2D eigenvalue weighted by atomic mass is 10.0. The minimum Gasteiger partial charge on any atom is -0.508 e. The lowest BCUT2D eigenvalue weighted by Crippen LogP contribution is -2.49. The topological polar surface area (TPSA) is 109 Å². The molecular formula is C21H23N3O5.